The Hall–Kier alpha value is -1.68. The number of nitrogens with zero attached hydrogens (tertiary/aromatic N) is 2. The lowest BCUT2D eigenvalue weighted by Gasteiger charge is -2.12. The van der Waals surface area contributed by atoms with Crippen LogP contribution in [0.15, 0.2) is 36.7 Å². The average molecular weight is 231 g/mol. The first-order valence-electron chi connectivity index (χ1n) is 5.84. The van der Waals surface area contributed by atoms with Crippen molar-refractivity contribution in [1.82, 2.24) is 14.9 Å². The molecule has 17 heavy (non-hydrogen) atoms. The van der Waals surface area contributed by atoms with E-state index in [1.165, 1.54) is 12.1 Å². The summed E-state index contributed by atoms with van der Waals surface area (Å²) >= 11 is 0. The summed E-state index contributed by atoms with van der Waals surface area (Å²) in [5, 5.41) is 3.34. The molecule has 2 heterocycles. The van der Waals surface area contributed by atoms with Gasteiger partial charge in [0.1, 0.15) is 11.6 Å². The number of nitrogens with one attached hydrogen (secondary N) is 1. The maximum absolute atomic E-state index is 12.9. The average Bonchev–Trinajstić information content (AvgIpc) is 3.00. The van der Waals surface area contributed by atoms with Crippen LogP contribution < -0.4 is 5.32 Å². The van der Waals surface area contributed by atoms with E-state index in [0.717, 1.165) is 31.0 Å². The Morgan fingerprint density at radius 2 is 2.12 bits per heavy atom. The summed E-state index contributed by atoms with van der Waals surface area (Å²) in [6.07, 6.45) is 4.84. The molecular formula is C13H14FN3. The summed E-state index contributed by atoms with van der Waals surface area (Å²) in [6.45, 7) is 2.01. The van der Waals surface area contributed by atoms with E-state index in [1.807, 2.05) is 10.8 Å². The van der Waals surface area contributed by atoms with Crippen LogP contribution in [0.2, 0.25) is 0 Å². The highest BCUT2D eigenvalue weighted by Crippen LogP contribution is 2.23. The fraction of sp³-hybridized carbons (Fsp3) is 0.308. The van der Waals surface area contributed by atoms with Crippen molar-refractivity contribution in [3.8, 4) is 5.69 Å². The Labute approximate surface area is 99.3 Å². The smallest absolute Gasteiger partial charge is 0.123 e. The first-order valence-corrected chi connectivity index (χ1v) is 5.84. The Morgan fingerprint density at radius 1 is 1.29 bits per heavy atom. The van der Waals surface area contributed by atoms with Crippen molar-refractivity contribution in [3.05, 3.63) is 48.3 Å². The maximum Gasteiger partial charge on any atom is 0.123 e. The van der Waals surface area contributed by atoms with Gasteiger partial charge in [-0.2, -0.15) is 0 Å². The molecular weight excluding hydrogens is 217 g/mol. The molecule has 1 aromatic heterocycles. The van der Waals surface area contributed by atoms with Crippen molar-refractivity contribution in [2.24, 2.45) is 0 Å². The molecule has 0 aliphatic carbocycles. The zero-order chi connectivity index (χ0) is 11.7. The van der Waals surface area contributed by atoms with Gasteiger partial charge in [0.05, 0.1) is 0 Å². The molecule has 1 aliphatic rings. The fourth-order valence-electron chi connectivity index (χ4n) is 2.31. The monoisotopic (exact) mass is 231 g/mol. The molecule has 0 bridgehead atoms. The Kier molecular flexibility index (Phi) is 2.65. The van der Waals surface area contributed by atoms with Gasteiger partial charge in [-0.05, 0) is 37.2 Å². The van der Waals surface area contributed by atoms with Gasteiger partial charge in [-0.3, -0.25) is 0 Å². The Balaban J connectivity index is 1.97. The van der Waals surface area contributed by atoms with Crippen LogP contribution >= 0.6 is 0 Å². The molecule has 1 unspecified atom stereocenters. The van der Waals surface area contributed by atoms with Crippen LogP contribution in [0, 0.1) is 5.82 Å². The van der Waals surface area contributed by atoms with Crippen LogP contribution in [0.3, 0.4) is 0 Å². The molecule has 3 rings (SSSR count). The van der Waals surface area contributed by atoms with E-state index in [9.17, 15) is 4.39 Å². The number of imidazole rings is 1. The van der Waals surface area contributed by atoms with Gasteiger partial charge in [-0.25, -0.2) is 9.37 Å². The second-order valence-electron chi connectivity index (χ2n) is 4.32. The summed E-state index contributed by atoms with van der Waals surface area (Å²) in [5.41, 5.74) is 0.964. The summed E-state index contributed by atoms with van der Waals surface area (Å²) in [5.74, 6) is 1.30. The number of hydrogen-bond acceptors (Lipinski definition) is 2. The number of rotatable bonds is 2. The van der Waals surface area contributed by atoms with Gasteiger partial charge in [0.2, 0.25) is 0 Å². The summed E-state index contributed by atoms with van der Waals surface area (Å²) in [6, 6.07) is 6.52. The molecule has 0 saturated carbocycles. The third kappa shape index (κ3) is 1.96. The fourth-order valence-corrected chi connectivity index (χ4v) is 2.31. The van der Waals surface area contributed by atoms with E-state index in [1.54, 1.807) is 18.3 Å². The van der Waals surface area contributed by atoms with Gasteiger partial charge >= 0.3 is 0 Å². The van der Waals surface area contributed by atoms with E-state index >= 15 is 0 Å². The minimum atomic E-state index is -0.210. The standard InChI is InChI=1S/C13H14FN3/c14-11-1-3-12(4-2-11)17-8-7-16-13(17)10-5-6-15-9-10/h1-4,7-8,10,15H,5-6,9H2. The highest BCUT2D eigenvalue weighted by atomic mass is 19.1. The Bertz CT molecular complexity index is 498. The van der Waals surface area contributed by atoms with E-state index in [4.69, 9.17) is 0 Å². The molecule has 2 aromatic rings. The molecule has 1 aliphatic heterocycles. The van der Waals surface area contributed by atoms with Crippen molar-refractivity contribution < 1.29 is 4.39 Å². The number of halogens is 1. The number of benzene rings is 1. The first-order chi connectivity index (χ1) is 8.34. The van der Waals surface area contributed by atoms with Gasteiger partial charge in [0, 0.05) is 30.5 Å². The molecule has 1 saturated heterocycles. The van der Waals surface area contributed by atoms with Crippen molar-refractivity contribution in [3.63, 3.8) is 0 Å². The highest BCUT2D eigenvalue weighted by Gasteiger charge is 2.21. The van der Waals surface area contributed by atoms with E-state index in [0.29, 0.717) is 5.92 Å². The molecule has 4 heteroatoms. The predicted molar refractivity (Wildman–Crippen MR) is 63.7 cm³/mol. The molecule has 0 spiro atoms. The molecule has 1 fully saturated rings. The van der Waals surface area contributed by atoms with Gasteiger partial charge in [-0.15, -0.1) is 0 Å². The van der Waals surface area contributed by atoms with Crippen molar-refractivity contribution in [2.45, 2.75) is 12.3 Å². The minimum absolute atomic E-state index is 0.210. The summed E-state index contributed by atoms with van der Waals surface area (Å²) in [4.78, 5) is 4.43. The molecule has 88 valence electrons. The lowest BCUT2D eigenvalue weighted by atomic mass is 10.1. The lowest BCUT2D eigenvalue weighted by Crippen LogP contribution is -2.11. The van der Waals surface area contributed by atoms with Crippen LogP contribution in [0.1, 0.15) is 18.2 Å². The zero-order valence-electron chi connectivity index (χ0n) is 9.44. The molecule has 0 amide bonds. The SMILES string of the molecule is Fc1ccc(-n2ccnc2C2CCNC2)cc1. The largest absolute Gasteiger partial charge is 0.316 e. The van der Waals surface area contributed by atoms with Gasteiger partial charge in [-0.1, -0.05) is 0 Å². The zero-order valence-corrected chi connectivity index (χ0v) is 9.44. The van der Waals surface area contributed by atoms with Crippen molar-refractivity contribution >= 4 is 0 Å². The first kappa shape index (κ1) is 10.5. The third-order valence-corrected chi connectivity index (χ3v) is 3.20. The normalized spacial score (nSPS) is 19.7. The van der Waals surface area contributed by atoms with Crippen LogP contribution in [-0.2, 0) is 0 Å². The number of hydrogen-bond donors (Lipinski definition) is 1. The molecule has 0 radical (unpaired) electrons. The van der Waals surface area contributed by atoms with Gasteiger partial charge in [0.25, 0.3) is 0 Å². The predicted octanol–water partition coefficient (Wildman–Crippen LogP) is 2.09. The van der Waals surface area contributed by atoms with Crippen LogP contribution in [-0.4, -0.2) is 22.6 Å². The van der Waals surface area contributed by atoms with Crippen LogP contribution in [0.25, 0.3) is 5.69 Å². The minimum Gasteiger partial charge on any atom is -0.316 e. The van der Waals surface area contributed by atoms with Crippen LogP contribution in [0.5, 0.6) is 0 Å². The molecule has 1 atom stereocenters. The van der Waals surface area contributed by atoms with E-state index in [2.05, 4.69) is 10.3 Å². The van der Waals surface area contributed by atoms with Crippen LogP contribution in [0.4, 0.5) is 4.39 Å². The maximum atomic E-state index is 12.9. The third-order valence-electron chi connectivity index (χ3n) is 3.20. The topological polar surface area (TPSA) is 29.9 Å². The molecule has 1 aromatic carbocycles. The van der Waals surface area contributed by atoms with Crippen molar-refractivity contribution in [2.75, 3.05) is 13.1 Å². The van der Waals surface area contributed by atoms with E-state index < -0.39 is 0 Å². The van der Waals surface area contributed by atoms with Crippen molar-refractivity contribution in [1.29, 1.82) is 0 Å². The second-order valence-corrected chi connectivity index (χ2v) is 4.32. The quantitative estimate of drug-likeness (QED) is 0.857. The number of aromatic nitrogens is 2. The molecule has 3 nitrogen and oxygen atoms in total. The summed E-state index contributed by atoms with van der Waals surface area (Å²) in [7, 11) is 0. The second kappa shape index (κ2) is 4.30. The van der Waals surface area contributed by atoms with Gasteiger partial charge < -0.3 is 9.88 Å². The highest BCUT2D eigenvalue weighted by molar-refractivity contribution is 5.34. The lowest BCUT2D eigenvalue weighted by molar-refractivity contribution is 0.626. The van der Waals surface area contributed by atoms with E-state index in [-0.39, 0.29) is 5.82 Å². The van der Waals surface area contributed by atoms with Gasteiger partial charge in [0.15, 0.2) is 0 Å². The Morgan fingerprint density at radius 3 is 2.82 bits per heavy atom. The molecule has 1 N–H and O–H groups in total. The summed E-state index contributed by atoms with van der Waals surface area (Å²) < 4.78 is 14.9.